The minimum absolute atomic E-state index is 0.0654. The van der Waals surface area contributed by atoms with E-state index in [1.165, 1.54) is 24.3 Å². The number of nitrogens with one attached hydrogen (secondary N) is 2. The molecule has 0 bridgehead atoms. The molecule has 0 radical (unpaired) electrons. The van der Waals surface area contributed by atoms with Crippen LogP contribution >= 0.6 is 0 Å². The monoisotopic (exact) mass is 222 g/mol. The molecule has 1 aliphatic heterocycles. The summed E-state index contributed by atoms with van der Waals surface area (Å²) in [6.07, 6.45) is 0.299. The Morgan fingerprint density at radius 1 is 1.38 bits per heavy atom. The van der Waals surface area contributed by atoms with E-state index in [0.717, 1.165) is 0 Å². The van der Waals surface area contributed by atoms with Crippen molar-refractivity contribution in [3.8, 4) is 0 Å². The summed E-state index contributed by atoms with van der Waals surface area (Å²) in [4.78, 5) is 22.6. The molecule has 0 aromatic heterocycles. The predicted octanol–water partition coefficient (Wildman–Crippen LogP) is 0.444. The van der Waals surface area contributed by atoms with E-state index in [9.17, 15) is 14.0 Å². The van der Waals surface area contributed by atoms with Crippen LogP contribution < -0.4 is 10.6 Å². The zero-order valence-electron chi connectivity index (χ0n) is 8.50. The van der Waals surface area contributed by atoms with E-state index in [1.54, 1.807) is 0 Å². The van der Waals surface area contributed by atoms with E-state index in [1.807, 2.05) is 0 Å². The van der Waals surface area contributed by atoms with Crippen LogP contribution in [0.25, 0.3) is 0 Å². The summed E-state index contributed by atoms with van der Waals surface area (Å²) in [7, 11) is 0. The van der Waals surface area contributed by atoms with Gasteiger partial charge >= 0.3 is 0 Å². The quantitative estimate of drug-likeness (QED) is 0.763. The average molecular weight is 222 g/mol. The van der Waals surface area contributed by atoms with Crippen molar-refractivity contribution in [2.45, 2.75) is 12.5 Å². The molecule has 84 valence electrons. The number of hydrogen-bond acceptors (Lipinski definition) is 2. The van der Waals surface area contributed by atoms with Crippen LogP contribution in [0.15, 0.2) is 24.3 Å². The highest BCUT2D eigenvalue weighted by atomic mass is 19.1. The highest BCUT2D eigenvalue weighted by Crippen LogP contribution is 2.05. The van der Waals surface area contributed by atoms with Gasteiger partial charge in [0, 0.05) is 18.5 Å². The van der Waals surface area contributed by atoms with Crippen molar-refractivity contribution in [1.82, 2.24) is 10.6 Å². The van der Waals surface area contributed by atoms with Gasteiger partial charge in [-0.1, -0.05) is 0 Å². The summed E-state index contributed by atoms with van der Waals surface area (Å²) in [6.45, 7) is 0.450. The van der Waals surface area contributed by atoms with Gasteiger partial charge in [-0.2, -0.15) is 0 Å². The third-order valence-corrected chi connectivity index (χ3v) is 2.42. The van der Waals surface area contributed by atoms with Crippen LogP contribution in [0.2, 0.25) is 0 Å². The molecule has 1 aromatic rings. The molecule has 0 aliphatic carbocycles. The number of rotatable bonds is 2. The van der Waals surface area contributed by atoms with Crippen molar-refractivity contribution in [2.75, 3.05) is 6.54 Å². The van der Waals surface area contributed by atoms with Crippen molar-refractivity contribution in [2.24, 2.45) is 0 Å². The highest BCUT2D eigenvalue weighted by Gasteiger charge is 2.23. The fourth-order valence-corrected chi connectivity index (χ4v) is 1.58. The molecule has 1 heterocycles. The molecule has 1 unspecified atom stereocenters. The number of hydrogen-bond donors (Lipinski definition) is 2. The summed E-state index contributed by atoms with van der Waals surface area (Å²) < 4.78 is 12.6. The van der Waals surface area contributed by atoms with Crippen molar-refractivity contribution < 1.29 is 14.0 Å². The Bertz CT molecular complexity index is 416. The largest absolute Gasteiger partial charge is 0.354 e. The summed E-state index contributed by atoms with van der Waals surface area (Å²) in [5.74, 6) is -0.736. The first-order valence-electron chi connectivity index (χ1n) is 4.98. The summed E-state index contributed by atoms with van der Waals surface area (Å²) in [6, 6.07) is 5.11. The van der Waals surface area contributed by atoms with Crippen molar-refractivity contribution in [3.05, 3.63) is 35.6 Å². The van der Waals surface area contributed by atoms with E-state index in [4.69, 9.17) is 0 Å². The molecule has 0 spiro atoms. The van der Waals surface area contributed by atoms with Gasteiger partial charge in [-0.15, -0.1) is 0 Å². The van der Waals surface area contributed by atoms with E-state index < -0.39 is 0 Å². The Hall–Kier alpha value is -1.91. The van der Waals surface area contributed by atoms with Crippen LogP contribution in [0.3, 0.4) is 0 Å². The normalized spacial score (nSPS) is 19.3. The number of carbonyl (C=O) groups excluding carboxylic acids is 2. The standard InChI is InChI=1S/C11H11FN2O2/c12-8-3-1-7(2-4-8)11(16)14-9-5-10(15)13-6-9/h1-4,9H,5-6H2,(H,13,15)(H,14,16). The lowest BCUT2D eigenvalue weighted by Crippen LogP contribution is -2.36. The molecular formula is C11H11FN2O2. The SMILES string of the molecule is O=C1CC(NC(=O)c2ccc(F)cc2)CN1. The molecule has 1 aliphatic rings. The van der Waals surface area contributed by atoms with Crippen molar-refractivity contribution in [3.63, 3.8) is 0 Å². The third kappa shape index (κ3) is 2.36. The molecule has 2 rings (SSSR count). The summed E-state index contributed by atoms with van der Waals surface area (Å²) in [5.41, 5.74) is 0.390. The van der Waals surface area contributed by atoms with Gasteiger partial charge < -0.3 is 10.6 Å². The molecule has 16 heavy (non-hydrogen) atoms. The lowest BCUT2D eigenvalue weighted by molar-refractivity contribution is -0.119. The topological polar surface area (TPSA) is 58.2 Å². The van der Waals surface area contributed by atoms with E-state index in [2.05, 4.69) is 10.6 Å². The van der Waals surface area contributed by atoms with Gasteiger partial charge in [0.15, 0.2) is 0 Å². The van der Waals surface area contributed by atoms with Gasteiger partial charge in [-0.25, -0.2) is 4.39 Å². The second-order valence-electron chi connectivity index (χ2n) is 3.69. The molecule has 1 saturated heterocycles. The van der Waals surface area contributed by atoms with Gasteiger partial charge in [0.2, 0.25) is 5.91 Å². The summed E-state index contributed by atoms with van der Waals surface area (Å²) in [5, 5.41) is 5.32. The average Bonchev–Trinajstić information content (AvgIpc) is 2.65. The van der Waals surface area contributed by atoms with Crippen LogP contribution in [-0.4, -0.2) is 24.4 Å². The van der Waals surface area contributed by atoms with Gasteiger partial charge in [0.25, 0.3) is 5.91 Å². The Labute approximate surface area is 91.8 Å². The lowest BCUT2D eigenvalue weighted by Gasteiger charge is -2.09. The molecule has 0 saturated carbocycles. The first-order valence-corrected chi connectivity index (χ1v) is 4.98. The molecule has 2 N–H and O–H groups in total. The van der Waals surface area contributed by atoms with Gasteiger partial charge in [-0.3, -0.25) is 9.59 Å². The minimum Gasteiger partial charge on any atom is -0.354 e. The zero-order valence-corrected chi connectivity index (χ0v) is 8.50. The highest BCUT2D eigenvalue weighted by molar-refractivity contribution is 5.95. The molecule has 1 atom stereocenters. The zero-order chi connectivity index (χ0) is 11.5. The maximum absolute atomic E-state index is 12.6. The van der Waals surface area contributed by atoms with Crippen molar-refractivity contribution in [1.29, 1.82) is 0 Å². The fraction of sp³-hybridized carbons (Fsp3) is 0.273. The molecule has 2 amide bonds. The number of amides is 2. The first kappa shape index (κ1) is 10.6. The molecule has 1 aromatic carbocycles. The van der Waals surface area contributed by atoms with Crippen LogP contribution in [-0.2, 0) is 4.79 Å². The van der Waals surface area contributed by atoms with Crippen LogP contribution in [0, 0.1) is 5.82 Å². The Morgan fingerprint density at radius 3 is 2.62 bits per heavy atom. The minimum atomic E-state index is -0.380. The smallest absolute Gasteiger partial charge is 0.251 e. The number of benzene rings is 1. The maximum Gasteiger partial charge on any atom is 0.251 e. The lowest BCUT2D eigenvalue weighted by atomic mass is 10.2. The Balaban J connectivity index is 1.98. The van der Waals surface area contributed by atoms with Crippen LogP contribution in [0.1, 0.15) is 16.8 Å². The third-order valence-electron chi connectivity index (χ3n) is 2.42. The van der Waals surface area contributed by atoms with Gasteiger partial charge in [-0.05, 0) is 24.3 Å². The number of carbonyl (C=O) groups is 2. The van der Waals surface area contributed by atoms with Crippen LogP contribution in [0.4, 0.5) is 4.39 Å². The molecular weight excluding hydrogens is 211 g/mol. The second kappa shape index (κ2) is 4.30. The molecule has 1 fully saturated rings. The van der Waals surface area contributed by atoms with E-state index in [0.29, 0.717) is 18.5 Å². The van der Waals surface area contributed by atoms with E-state index >= 15 is 0 Å². The van der Waals surface area contributed by atoms with Gasteiger partial charge in [0.1, 0.15) is 5.82 Å². The number of halogens is 1. The second-order valence-corrected chi connectivity index (χ2v) is 3.69. The fourth-order valence-electron chi connectivity index (χ4n) is 1.58. The summed E-state index contributed by atoms with van der Waals surface area (Å²) >= 11 is 0. The Kier molecular flexibility index (Phi) is 2.85. The van der Waals surface area contributed by atoms with Gasteiger partial charge in [0.05, 0.1) is 6.04 Å². The predicted molar refractivity (Wildman–Crippen MR) is 55.3 cm³/mol. The van der Waals surface area contributed by atoms with Crippen molar-refractivity contribution >= 4 is 11.8 Å². The first-order chi connectivity index (χ1) is 7.65. The molecule has 4 nitrogen and oxygen atoms in total. The van der Waals surface area contributed by atoms with Crippen LogP contribution in [0.5, 0.6) is 0 Å². The molecule has 5 heteroatoms. The Morgan fingerprint density at radius 2 is 2.06 bits per heavy atom. The van der Waals surface area contributed by atoms with E-state index in [-0.39, 0.29) is 23.7 Å². The maximum atomic E-state index is 12.6.